The average Bonchev–Trinajstić information content (AvgIpc) is 2.65. The summed E-state index contributed by atoms with van der Waals surface area (Å²) in [7, 11) is 0. The second-order valence-corrected chi connectivity index (χ2v) is 6.01. The highest BCUT2D eigenvalue weighted by Crippen LogP contribution is 2.16. The Hall–Kier alpha value is -1.75. The lowest BCUT2D eigenvalue weighted by Gasteiger charge is -2.20. The maximum Gasteiger partial charge on any atom is 0.149 e. The molecule has 108 valence electrons. The van der Waals surface area contributed by atoms with E-state index in [0.717, 1.165) is 5.56 Å². The monoisotopic (exact) mass is 276 g/mol. The van der Waals surface area contributed by atoms with Gasteiger partial charge in [0.15, 0.2) is 0 Å². The van der Waals surface area contributed by atoms with E-state index in [2.05, 4.69) is 36.2 Å². The lowest BCUT2D eigenvalue weighted by molar-refractivity contribution is 0.423. The van der Waals surface area contributed by atoms with Gasteiger partial charge in [-0.25, -0.2) is 14.1 Å². The molecule has 0 bridgehead atoms. The van der Waals surface area contributed by atoms with E-state index in [1.54, 1.807) is 19.1 Å². The smallest absolute Gasteiger partial charge is 0.149 e. The van der Waals surface area contributed by atoms with Crippen molar-refractivity contribution in [1.29, 1.82) is 0 Å². The molecule has 0 aliphatic rings. The minimum absolute atomic E-state index is 0.00868. The summed E-state index contributed by atoms with van der Waals surface area (Å²) in [4.78, 5) is 4.19. The predicted octanol–water partition coefficient (Wildman–Crippen LogP) is 2.91. The Morgan fingerprint density at radius 1 is 1.25 bits per heavy atom. The largest absolute Gasteiger partial charge is 0.308 e. The minimum atomic E-state index is -0.286. The van der Waals surface area contributed by atoms with Crippen LogP contribution in [0.3, 0.4) is 0 Å². The molecule has 0 aliphatic carbocycles. The predicted molar refractivity (Wildman–Crippen MR) is 77.4 cm³/mol. The molecular weight excluding hydrogens is 255 g/mol. The van der Waals surface area contributed by atoms with Gasteiger partial charge in [0.05, 0.1) is 0 Å². The summed E-state index contributed by atoms with van der Waals surface area (Å²) in [6.45, 7) is 10.5. The van der Waals surface area contributed by atoms with Crippen molar-refractivity contribution in [3.63, 3.8) is 0 Å². The van der Waals surface area contributed by atoms with Gasteiger partial charge in [-0.1, -0.05) is 6.07 Å². The molecular formula is C15H21FN4. The summed E-state index contributed by atoms with van der Waals surface area (Å²) >= 11 is 0. The minimum Gasteiger partial charge on any atom is -0.308 e. The first-order valence-electron chi connectivity index (χ1n) is 6.70. The molecule has 20 heavy (non-hydrogen) atoms. The Kier molecular flexibility index (Phi) is 3.90. The highest BCUT2D eigenvalue weighted by molar-refractivity contribution is 5.36. The molecule has 1 heterocycles. The summed E-state index contributed by atoms with van der Waals surface area (Å²) in [6, 6.07) is 5.20. The number of halogens is 1. The van der Waals surface area contributed by atoms with E-state index in [4.69, 9.17) is 0 Å². The molecule has 0 spiro atoms. The molecule has 4 nitrogen and oxygen atoms in total. The fourth-order valence-electron chi connectivity index (χ4n) is 1.95. The molecule has 0 amide bonds. The molecule has 0 radical (unpaired) electrons. The lowest BCUT2D eigenvalue weighted by Crippen LogP contribution is -2.35. The number of nitrogens with zero attached hydrogens (tertiary/aromatic N) is 3. The first-order chi connectivity index (χ1) is 9.26. The third-order valence-electron chi connectivity index (χ3n) is 2.94. The van der Waals surface area contributed by atoms with Crippen LogP contribution >= 0.6 is 0 Å². The van der Waals surface area contributed by atoms with Crippen molar-refractivity contribution in [3.05, 3.63) is 41.2 Å². The van der Waals surface area contributed by atoms with Crippen LogP contribution in [0.15, 0.2) is 18.2 Å². The van der Waals surface area contributed by atoms with Crippen LogP contribution in [0.2, 0.25) is 0 Å². The van der Waals surface area contributed by atoms with Gasteiger partial charge in [-0.05, 0) is 52.3 Å². The van der Waals surface area contributed by atoms with Gasteiger partial charge < -0.3 is 5.32 Å². The number of aromatic nitrogens is 3. The fraction of sp³-hybridized carbons (Fsp3) is 0.467. The topological polar surface area (TPSA) is 42.7 Å². The fourth-order valence-corrected chi connectivity index (χ4v) is 1.95. The molecule has 0 saturated heterocycles. The highest BCUT2D eigenvalue weighted by Gasteiger charge is 2.12. The quantitative estimate of drug-likeness (QED) is 0.937. The van der Waals surface area contributed by atoms with Crippen molar-refractivity contribution in [2.45, 2.75) is 46.7 Å². The van der Waals surface area contributed by atoms with Crippen molar-refractivity contribution in [3.8, 4) is 5.69 Å². The van der Waals surface area contributed by atoms with E-state index in [0.29, 0.717) is 23.9 Å². The van der Waals surface area contributed by atoms with Crippen molar-refractivity contribution in [1.82, 2.24) is 20.1 Å². The third-order valence-corrected chi connectivity index (χ3v) is 2.94. The maximum atomic E-state index is 14.2. The second kappa shape index (κ2) is 5.32. The van der Waals surface area contributed by atoms with Gasteiger partial charge in [0.1, 0.15) is 23.2 Å². The second-order valence-electron chi connectivity index (χ2n) is 6.01. The van der Waals surface area contributed by atoms with Crippen molar-refractivity contribution in [2.75, 3.05) is 0 Å². The van der Waals surface area contributed by atoms with Gasteiger partial charge in [-0.15, -0.1) is 0 Å². The van der Waals surface area contributed by atoms with Crippen molar-refractivity contribution in [2.24, 2.45) is 0 Å². The molecule has 5 heteroatoms. The number of nitrogens with one attached hydrogen (secondary N) is 1. The lowest BCUT2D eigenvalue weighted by atomic mass is 10.1. The van der Waals surface area contributed by atoms with Crippen LogP contribution in [0.4, 0.5) is 4.39 Å². The molecule has 2 rings (SSSR count). The Balaban J connectivity index is 2.24. The molecule has 0 fully saturated rings. The van der Waals surface area contributed by atoms with Gasteiger partial charge in [-0.2, -0.15) is 5.10 Å². The van der Waals surface area contributed by atoms with Crippen LogP contribution in [-0.2, 0) is 6.54 Å². The summed E-state index contributed by atoms with van der Waals surface area (Å²) in [5.74, 6) is 1.04. The summed E-state index contributed by atoms with van der Waals surface area (Å²) in [5, 5.41) is 7.54. The molecule has 1 N–H and O–H groups in total. The Morgan fingerprint density at radius 3 is 2.45 bits per heavy atom. The summed E-state index contributed by atoms with van der Waals surface area (Å²) in [6.07, 6.45) is 0. The molecule has 2 aromatic rings. The molecule has 0 atom stereocenters. The van der Waals surface area contributed by atoms with E-state index in [1.807, 2.05) is 13.0 Å². The third kappa shape index (κ3) is 3.42. The standard InChI is InChI=1S/C15H21FN4/c1-10-18-11(2)20(19-10)14-7-6-12(8-13(14)16)9-17-15(3,4)5/h6-8,17H,9H2,1-5H3. The highest BCUT2D eigenvalue weighted by atomic mass is 19.1. The molecule has 0 saturated carbocycles. The number of rotatable bonds is 3. The zero-order chi connectivity index (χ0) is 14.9. The average molecular weight is 276 g/mol. The first kappa shape index (κ1) is 14.7. The maximum absolute atomic E-state index is 14.2. The number of benzene rings is 1. The van der Waals surface area contributed by atoms with Gasteiger partial charge in [0, 0.05) is 12.1 Å². The Morgan fingerprint density at radius 2 is 1.95 bits per heavy atom. The van der Waals surface area contributed by atoms with Crippen LogP contribution in [0.25, 0.3) is 5.69 Å². The Labute approximate surface area is 119 Å². The molecule has 0 aliphatic heterocycles. The zero-order valence-corrected chi connectivity index (χ0v) is 12.7. The van der Waals surface area contributed by atoms with Gasteiger partial charge >= 0.3 is 0 Å². The van der Waals surface area contributed by atoms with Crippen LogP contribution in [0.1, 0.15) is 38.0 Å². The van der Waals surface area contributed by atoms with E-state index < -0.39 is 0 Å². The normalized spacial score (nSPS) is 11.9. The zero-order valence-electron chi connectivity index (χ0n) is 12.7. The summed E-state index contributed by atoms with van der Waals surface area (Å²) < 4.78 is 15.8. The van der Waals surface area contributed by atoms with Gasteiger partial charge in [0.2, 0.25) is 0 Å². The number of hydrogen-bond acceptors (Lipinski definition) is 3. The molecule has 1 aromatic heterocycles. The van der Waals surface area contributed by atoms with Crippen molar-refractivity contribution < 1.29 is 4.39 Å². The van der Waals surface area contributed by atoms with E-state index in [9.17, 15) is 4.39 Å². The molecule has 0 unspecified atom stereocenters. The van der Waals surface area contributed by atoms with Crippen LogP contribution in [0, 0.1) is 19.7 Å². The van der Waals surface area contributed by atoms with E-state index in [-0.39, 0.29) is 11.4 Å². The summed E-state index contributed by atoms with van der Waals surface area (Å²) in [5.41, 5.74) is 1.35. The Bertz CT molecular complexity index is 611. The van der Waals surface area contributed by atoms with Crippen LogP contribution in [-0.4, -0.2) is 20.3 Å². The SMILES string of the molecule is Cc1nc(C)n(-c2ccc(CNC(C)(C)C)cc2F)n1. The molecule has 1 aromatic carbocycles. The van der Waals surface area contributed by atoms with Gasteiger partial charge in [0.25, 0.3) is 0 Å². The van der Waals surface area contributed by atoms with E-state index in [1.165, 1.54) is 4.68 Å². The van der Waals surface area contributed by atoms with Gasteiger partial charge in [-0.3, -0.25) is 0 Å². The van der Waals surface area contributed by atoms with Crippen LogP contribution in [0.5, 0.6) is 0 Å². The first-order valence-corrected chi connectivity index (χ1v) is 6.70. The van der Waals surface area contributed by atoms with E-state index >= 15 is 0 Å². The number of aryl methyl sites for hydroxylation is 2. The van der Waals surface area contributed by atoms with Crippen molar-refractivity contribution >= 4 is 0 Å². The number of hydrogen-bond donors (Lipinski definition) is 1. The van der Waals surface area contributed by atoms with Crippen LogP contribution < -0.4 is 5.32 Å².